The molecule has 2 heterocycles. The summed E-state index contributed by atoms with van der Waals surface area (Å²) in [6.07, 6.45) is 0.515. The standard InChI is InChI=1S/C24H16F3N3O/c25-17-4-1-14(2-5-17)23-28-21-8-7-19(27)12-20(21)22(29-23)24(31)30-10-9-15-11-18(26)6-3-16(15)13-30/h1-8,11-12H,9-10,13H2. The Labute approximate surface area is 176 Å². The lowest BCUT2D eigenvalue weighted by Crippen LogP contribution is -2.36. The van der Waals surface area contributed by atoms with Crippen LogP contribution in [-0.2, 0) is 13.0 Å². The Morgan fingerprint density at radius 3 is 2.32 bits per heavy atom. The number of fused-ring (bicyclic) bond motifs is 2. The van der Waals surface area contributed by atoms with Gasteiger partial charge < -0.3 is 4.90 Å². The van der Waals surface area contributed by atoms with Gasteiger partial charge in [-0.2, -0.15) is 0 Å². The normalized spacial score (nSPS) is 13.3. The van der Waals surface area contributed by atoms with E-state index in [-0.39, 0.29) is 23.2 Å². The first-order valence-electron chi connectivity index (χ1n) is 9.78. The third kappa shape index (κ3) is 3.63. The first-order chi connectivity index (χ1) is 15.0. The minimum Gasteiger partial charge on any atom is -0.333 e. The van der Waals surface area contributed by atoms with Crippen LogP contribution in [0.3, 0.4) is 0 Å². The number of hydrogen-bond acceptors (Lipinski definition) is 3. The number of rotatable bonds is 2. The molecule has 0 spiro atoms. The van der Waals surface area contributed by atoms with Crippen LogP contribution in [0.4, 0.5) is 13.2 Å². The van der Waals surface area contributed by atoms with Crippen molar-refractivity contribution in [3.05, 3.63) is 94.9 Å². The zero-order valence-electron chi connectivity index (χ0n) is 16.3. The van der Waals surface area contributed by atoms with Crippen molar-refractivity contribution in [2.45, 2.75) is 13.0 Å². The molecule has 1 aromatic heterocycles. The summed E-state index contributed by atoms with van der Waals surface area (Å²) >= 11 is 0. The van der Waals surface area contributed by atoms with Crippen LogP contribution in [-0.4, -0.2) is 27.3 Å². The molecule has 1 amide bonds. The fourth-order valence-corrected chi connectivity index (χ4v) is 3.84. The van der Waals surface area contributed by atoms with Gasteiger partial charge in [0.05, 0.1) is 5.52 Å². The average Bonchev–Trinajstić information content (AvgIpc) is 2.78. The minimum absolute atomic E-state index is 0.0781. The maximum absolute atomic E-state index is 14.0. The molecule has 4 nitrogen and oxygen atoms in total. The van der Waals surface area contributed by atoms with Gasteiger partial charge in [0.1, 0.15) is 23.1 Å². The number of hydrogen-bond donors (Lipinski definition) is 0. The van der Waals surface area contributed by atoms with E-state index in [1.165, 1.54) is 54.6 Å². The predicted molar refractivity (Wildman–Crippen MR) is 110 cm³/mol. The molecule has 1 aliphatic rings. The Morgan fingerprint density at radius 1 is 0.806 bits per heavy atom. The highest BCUT2D eigenvalue weighted by Gasteiger charge is 2.26. The number of aromatic nitrogens is 2. The minimum atomic E-state index is -0.501. The van der Waals surface area contributed by atoms with Crippen LogP contribution >= 0.6 is 0 Å². The third-order valence-electron chi connectivity index (χ3n) is 5.43. The quantitative estimate of drug-likeness (QED) is 0.464. The van der Waals surface area contributed by atoms with Gasteiger partial charge in [0, 0.05) is 24.0 Å². The van der Waals surface area contributed by atoms with Gasteiger partial charge >= 0.3 is 0 Å². The fourth-order valence-electron chi connectivity index (χ4n) is 3.84. The van der Waals surface area contributed by atoms with Gasteiger partial charge in [0.2, 0.25) is 0 Å². The zero-order valence-corrected chi connectivity index (χ0v) is 16.3. The van der Waals surface area contributed by atoms with Crippen LogP contribution in [0.5, 0.6) is 0 Å². The largest absolute Gasteiger partial charge is 0.333 e. The maximum Gasteiger partial charge on any atom is 0.273 e. The lowest BCUT2D eigenvalue weighted by atomic mass is 9.99. The second-order valence-electron chi connectivity index (χ2n) is 7.45. The number of amides is 1. The lowest BCUT2D eigenvalue weighted by molar-refractivity contribution is 0.0731. The van der Waals surface area contributed by atoms with E-state index in [2.05, 4.69) is 9.97 Å². The fraction of sp³-hybridized carbons (Fsp3) is 0.125. The summed E-state index contributed by atoms with van der Waals surface area (Å²) in [5, 5.41) is 0.306. The molecule has 0 fully saturated rings. The van der Waals surface area contributed by atoms with Gasteiger partial charge in [-0.3, -0.25) is 4.79 Å². The van der Waals surface area contributed by atoms with Crippen molar-refractivity contribution >= 4 is 16.8 Å². The van der Waals surface area contributed by atoms with Crippen molar-refractivity contribution in [3.8, 4) is 11.4 Å². The van der Waals surface area contributed by atoms with Gasteiger partial charge in [-0.1, -0.05) is 6.07 Å². The number of carbonyl (C=O) groups excluding carboxylic acids is 1. The molecule has 0 bridgehead atoms. The van der Waals surface area contributed by atoms with Crippen LogP contribution in [0, 0.1) is 17.5 Å². The molecule has 4 aromatic rings. The number of nitrogens with zero attached hydrogens (tertiary/aromatic N) is 3. The highest BCUT2D eigenvalue weighted by atomic mass is 19.1. The molecular formula is C24H16F3N3O. The molecule has 154 valence electrons. The number of carbonyl (C=O) groups is 1. The van der Waals surface area contributed by atoms with E-state index in [0.29, 0.717) is 36.0 Å². The molecule has 0 saturated carbocycles. The lowest BCUT2D eigenvalue weighted by Gasteiger charge is -2.29. The Morgan fingerprint density at radius 2 is 1.52 bits per heavy atom. The molecule has 5 rings (SSSR count). The van der Waals surface area contributed by atoms with E-state index >= 15 is 0 Å². The van der Waals surface area contributed by atoms with E-state index in [9.17, 15) is 18.0 Å². The molecule has 0 radical (unpaired) electrons. The van der Waals surface area contributed by atoms with E-state index in [1.807, 2.05) is 0 Å². The summed E-state index contributed by atoms with van der Waals surface area (Å²) in [5.74, 6) is -1.32. The summed E-state index contributed by atoms with van der Waals surface area (Å²) in [4.78, 5) is 23.9. The van der Waals surface area contributed by atoms with Gasteiger partial charge in [0.15, 0.2) is 5.82 Å². The van der Waals surface area contributed by atoms with Crippen molar-refractivity contribution in [1.82, 2.24) is 14.9 Å². The molecular weight excluding hydrogens is 403 g/mol. The molecule has 0 N–H and O–H groups in total. The maximum atomic E-state index is 14.0. The second-order valence-corrected chi connectivity index (χ2v) is 7.45. The van der Waals surface area contributed by atoms with E-state index in [4.69, 9.17) is 0 Å². The third-order valence-corrected chi connectivity index (χ3v) is 5.43. The zero-order chi connectivity index (χ0) is 21.5. The summed E-state index contributed by atoms with van der Waals surface area (Å²) in [5.41, 5.74) is 2.77. The molecule has 7 heteroatoms. The Balaban J connectivity index is 1.59. The summed E-state index contributed by atoms with van der Waals surface area (Å²) in [6.45, 7) is 0.698. The SMILES string of the molecule is O=C(c1nc(-c2ccc(F)cc2)nc2ccc(F)cc12)N1CCc2cc(F)ccc2C1. The van der Waals surface area contributed by atoms with Crippen LogP contribution in [0.15, 0.2) is 60.7 Å². The van der Waals surface area contributed by atoms with Crippen molar-refractivity contribution in [3.63, 3.8) is 0 Å². The number of halogens is 3. The van der Waals surface area contributed by atoms with E-state index < -0.39 is 11.6 Å². The van der Waals surface area contributed by atoms with Crippen LogP contribution in [0.1, 0.15) is 21.6 Å². The van der Waals surface area contributed by atoms with Crippen LogP contribution in [0.25, 0.3) is 22.3 Å². The van der Waals surface area contributed by atoms with Crippen LogP contribution < -0.4 is 0 Å². The van der Waals surface area contributed by atoms with Gasteiger partial charge in [-0.15, -0.1) is 0 Å². The topological polar surface area (TPSA) is 46.1 Å². The average molecular weight is 419 g/mol. The Bertz CT molecular complexity index is 1320. The van der Waals surface area contributed by atoms with Crippen molar-refractivity contribution in [2.24, 2.45) is 0 Å². The highest BCUT2D eigenvalue weighted by molar-refractivity contribution is 6.05. The van der Waals surface area contributed by atoms with E-state index in [0.717, 1.165) is 11.1 Å². The Kier molecular flexibility index (Phi) is 4.66. The van der Waals surface area contributed by atoms with Crippen molar-refractivity contribution in [1.29, 1.82) is 0 Å². The summed E-state index contributed by atoms with van der Waals surface area (Å²) < 4.78 is 40.8. The highest BCUT2D eigenvalue weighted by Crippen LogP contribution is 2.26. The molecule has 1 aliphatic heterocycles. The first-order valence-corrected chi connectivity index (χ1v) is 9.78. The molecule has 0 atom stereocenters. The van der Waals surface area contributed by atoms with Crippen molar-refractivity contribution < 1.29 is 18.0 Å². The van der Waals surface area contributed by atoms with E-state index in [1.54, 1.807) is 11.0 Å². The first kappa shape index (κ1) is 19.2. The molecule has 3 aromatic carbocycles. The van der Waals surface area contributed by atoms with Gasteiger partial charge in [-0.05, 0) is 72.1 Å². The Hall–Kier alpha value is -3.74. The summed E-state index contributed by atoms with van der Waals surface area (Å²) in [6, 6.07) is 14.2. The van der Waals surface area contributed by atoms with Crippen molar-refractivity contribution in [2.75, 3.05) is 6.54 Å². The monoisotopic (exact) mass is 419 g/mol. The molecule has 0 unspecified atom stereocenters. The van der Waals surface area contributed by atoms with Crippen LogP contribution in [0.2, 0.25) is 0 Å². The smallest absolute Gasteiger partial charge is 0.273 e. The van der Waals surface area contributed by atoms with Gasteiger partial charge in [0.25, 0.3) is 5.91 Å². The van der Waals surface area contributed by atoms with Gasteiger partial charge in [-0.25, -0.2) is 23.1 Å². The molecule has 0 aliphatic carbocycles. The second kappa shape index (κ2) is 7.50. The molecule has 0 saturated heterocycles. The number of benzene rings is 3. The summed E-state index contributed by atoms with van der Waals surface area (Å²) in [7, 11) is 0. The predicted octanol–water partition coefficient (Wildman–Crippen LogP) is 4.91. The molecule has 31 heavy (non-hydrogen) atoms.